The van der Waals surface area contributed by atoms with Gasteiger partial charge in [0.15, 0.2) is 5.58 Å². The number of benzene rings is 1. The van der Waals surface area contributed by atoms with Crippen LogP contribution >= 0.6 is 0 Å². The molecule has 0 spiro atoms. The second-order valence-corrected chi connectivity index (χ2v) is 1.79. The van der Waals surface area contributed by atoms with Crippen molar-refractivity contribution in [1.82, 2.24) is 5.16 Å². The maximum absolute atomic E-state index is 4.81. The predicted octanol–water partition coefficient (Wildman–Crippen LogP) is 1.63. The molecule has 1 radical (unpaired) electrons. The lowest BCUT2D eigenvalue weighted by atomic mass is 10.3. The van der Waals surface area contributed by atoms with Gasteiger partial charge in [0.25, 0.3) is 0 Å². The molecule has 1 aromatic heterocycles. The lowest BCUT2D eigenvalue weighted by Crippen LogP contribution is -1.58. The van der Waals surface area contributed by atoms with Crippen LogP contribution in [0.3, 0.4) is 0 Å². The number of rotatable bonds is 0. The first-order valence-corrected chi connectivity index (χ1v) is 2.69. The average molecular weight is 118 g/mol. The zero-order chi connectivity index (χ0) is 6.10. The molecule has 1 heterocycles. The van der Waals surface area contributed by atoms with Crippen LogP contribution in [-0.2, 0) is 0 Å². The van der Waals surface area contributed by atoms with Crippen molar-refractivity contribution in [1.29, 1.82) is 0 Å². The zero-order valence-corrected chi connectivity index (χ0v) is 4.66. The highest BCUT2D eigenvalue weighted by molar-refractivity contribution is 5.74. The molecule has 0 bridgehead atoms. The molecule has 0 amide bonds. The molecule has 2 aromatic rings. The highest BCUT2D eigenvalue weighted by Gasteiger charge is 1.92. The summed E-state index contributed by atoms with van der Waals surface area (Å²) in [5, 5.41) is 4.43. The van der Waals surface area contributed by atoms with Gasteiger partial charge < -0.3 is 4.52 Å². The molecular weight excluding hydrogens is 114 g/mol. The van der Waals surface area contributed by atoms with E-state index in [9.17, 15) is 0 Å². The monoisotopic (exact) mass is 118 g/mol. The number of hydrogen-bond acceptors (Lipinski definition) is 2. The third-order valence-electron chi connectivity index (χ3n) is 1.20. The van der Waals surface area contributed by atoms with E-state index in [1.54, 1.807) is 0 Å². The minimum atomic E-state index is 0.789. The van der Waals surface area contributed by atoms with Crippen LogP contribution in [0.25, 0.3) is 11.0 Å². The number of nitrogens with zero attached hydrogens (tertiary/aromatic N) is 1. The standard InChI is InChI=1S/C7H4NO/c1-2-4-7-6(3-1)5-8-9-7/h1-4H. The smallest absolute Gasteiger partial charge is 0.167 e. The summed E-state index contributed by atoms with van der Waals surface area (Å²) in [6.45, 7) is 0. The van der Waals surface area contributed by atoms with E-state index in [-0.39, 0.29) is 0 Å². The molecule has 0 unspecified atom stereocenters. The normalized spacial score (nSPS) is 10.2. The Morgan fingerprint density at radius 3 is 3.11 bits per heavy atom. The molecule has 0 aliphatic rings. The molecular formula is C7H4NO. The molecule has 43 valence electrons. The van der Waals surface area contributed by atoms with Gasteiger partial charge in [-0.15, -0.1) is 0 Å². The lowest BCUT2D eigenvalue weighted by Gasteiger charge is -1.78. The predicted molar refractivity (Wildman–Crippen MR) is 32.8 cm³/mol. The number of para-hydroxylation sites is 1. The Kier molecular flexibility index (Phi) is 0.803. The van der Waals surface area contributed by atoms with Gasteiger partial charge in [-0.2, -0.15) is 0 Å². The van der Waals surface area contributed by atoms with E-state index in [1.165, 1.54) is 0 Å². The molecule has 0 saturated heterocycles. The maximum Gasteiger partial charge on any atom is 0.167 e. The summed E-state index contributed by atoms with van der Waals surface area (Å²) in [5.74, 6) is 0. The molecule has 0 saturated carbocycles. The first-order chi connectivity index (χ1) is 4.47. The topological polar surface area (TPSA) is 26.0 Å². The molecule has 0 atom stereocenters. The third-order valence-corrected chi connectivity index (χ3v) is 1.20. The first kappa shape index (κ1) is 4.56. The summed E-state index contributed by atoms with van der Waals surface area (Å²) >= 11 is 0. The van der Waals surface area contributed by atoms with Gasteiger partial charge in [0.2, 0.25) is 0 Å². The van der Waals surface area contributed by atoms with Gasteiger partial charge in [0.1, 0.15) is 6.20 Å². The summed E-state index contributed by atoms with van der Waals surface area (Å²) in [7, 11) is 0. The number of aromatic nitrogens is 1. The first-order valence-electron chi connectivity index (χ1n) is 2.69. The van der Waals surface area contributed by atoms with Gasteiger partial charge in [-0.3, -0.25) is 0 Å². The zero-order valence-electron chi connectivity index (χ0n) is 4.66. The minimum absolute atomic E-state index is 0.789. The number of hydrogen-bond donors (Lipinski definition) is 0. The quantitative estimate of drug-likeness (QED) is 0.525. The van der Waals surface area contributed by atoms with Crippen LogP contribution in [-0.4, -0.2) is 5.16 Å². The van der Waals surface area contributed by atoms with E-state index in [4.69, 9.17) is 4.52 Å². The molecule has 2 nitrogen and oxygen atoms in total. The average Bonchev–Trinajstić information content (AvgIpc) is 2.33. The van der Waals surface area contributed by atoms with Crippen LogP contribution in [0.5, 0.6) is 0 Å². The highest BCUT2D eigenvalue weighted by atomic mass is 16.5. The van der Waals surface area contributed by atoms with Crippen molar-refractivity contribution in [2.45, 2.75) is 0 Å². The fraction of sp³-hybridized carbons (Fsp3) is 0. The van der Waals surface area contributed by atoms with Gasteiger partial charge in [0, 0.05) is 0 Å². The van der Waals surface area contributed by atoms with E-state index in [1.807, 2.05) is 24.3 Å². The molecule has 2 heteroatoms. The molecule has 9 heavy (non-hydrogen) atoms. The van der Waals surface area contributed by atoms with E-state index >= 15 is 0 Å². The van der Waals surface area contributed by atoms with Gasteiger partial charge in [-0.05, 0) is 12.1 Å². The minimum Gasteiger partial charge on any atom is -0.356 e. The lowest BCUT2D eigenvalue weighted by molar-refractivity contribution is 0.454. The van der Waals surface area contributed by atoms with E-state index in [0.29, 0.717) is 0 Å². The Morgan fingerprint density at radius 2 is 2.22 bits per heavy atom. The number of fused-ring (bicyclic) bond motifs is 1. The molecule has 2 rings (SSSR count). The molecule has 0 aliphatic heterocycles. The SMILES string of the molecule is [c]1noc2ccccc12. The Labute approximate surface area is 52.1 Å². The summed E-state index contributed by atoms with van der Waals surface area (Å²) in [4.78, 5) is 0. The Hall–Kier alpha value is -1.31. The van der Waals surface area contributed by atoms with Gasteiger partial charge in [-0.1, -0.05) is 17.3 Å². The van der Waals surface area contributed by atoms with Gasteiger partial charge >= 0.3 is 0 Å². The summed E-state index contributed by atoms with van der Waals surface area (Å²) < 4.78 is 4.81. The third kappa shape index (κ3) is 0.598. The van der Waals surface area contributed by atoms with Crippen molar-refractivity contribution in [3.63, 3.8) is 0 Å². The van der Waals surface area contributed by atoms with Gasteiger partial charge in [-0.25, -0.2) is 0 Å². The molecule has 0 fully saturated rings. The molecule has 0 aliphatic carbocycles. The summed E-state index contributed by atoms with van der Waals surface area (Å²) in [5.41, 5.74) is 0.789. The Bertz CT molecular complexity index is 283. The molecule has 0 N–H and O–H groups in total. The second kappa shape index (κ2) is 1.58. The van der Waals surface area contributed by atoms with E-state index < -0.39 is 0 Å². The van der Waals surface area contributed by atoms with E-state index in [0.717, 1.165) is 11.0 Å². The van der Waals surface area contributed by atoms with Crippen molar-refractivity contribution in [3.05, 3.63) is 30.5 Å². The fourth-order valence-corrected chi connectivity index (χ4v) is 0.760. The van der Waals surface area contributed by atoms with Crippen molar-refractivity contribution >= 4 is 11.0 Å². The van der Waals surface area contributed by atoms with Crippen LogP contribution in [0.2, 0.25) is 0 Å². The van der Waals surface area contributed by atoms with Crippen LogP contribution in [0.15, 0.2) is 28.8 Å². The molecule has 1 aromatic carbocycles. The van der Waals surface area contributed by atoms with Crippen molar-refractivity contribution in [3.8, 4) is 0 Å². The van der Waals surface area contributed by atoms with Crippen molar-refractivity contribution in [2.75, 3.05) is 0 Å². The van der Waals surface area contributed by atoms with Crippen LogP contribution in [0.4, 0.5) is 0 Å². The Morgan fingerprint density at radius 1 is 1.33 bits per heavy atom. The summed E-state index contributed by atoms with van der Waals surface area (Å²) in [6.07, 6.45) is 2.70. The van der Waals surface area contributed by atoms with Crippen molar-refractivity contribution in [2.24, 2.45) is 0 Å². The Balaban J connectivity index is 2.95. The largest absolute Gasteiger partial charge is 0.356 e. The fourth-order valence-electron chi connectivity index (χ4n) is 0.760. The van der Waals surface area contributed by atoms with Crippen LogP contribution < -0.4 is 0 Å². The highest BCUT2D eigenvalue weighted by Crippen LogP contribution is 2.09. The maximum atomic E-state index is 4.81. The van der Waals surface area contributed by atoms with E-state index in [2.05, 4.69) is 11.4 Å². The van der Waals surface area contributed by atoms with Crippen molar-refractivity contribution < 1.29 is 4.52 Å². The second-order valence-electron chi connectivity index (χ2n) is 1.79. The van der Waals surface area contributed by atoms with Crippen LogP contribution in [0.1, 0.15) is 0 Å². The van der Waals surface area contributed by atoms with Crippen LogP contribution in [0, 0.1) is 6.20 Å². The van der Waals surface area contributed by atoms with Gasteiger partial charge in [0.05, 0.1) is 5.39 Å². The summed E-state index contributed by atoms with van der Waals surface area (Å²) in [6, 6.07) is 7.60.